The molecule has 1 N–H and O–H groups in total. The van der Waals surface area contributed by atoms with E-state index in [2.05, 4.69) is 47.5 Å². The third-order valence-electron chi connectivity index (χ3n) is 8.67. The first-order valence-corrected chi connectivity index (χ1v) is 12.6. The maximum absolute atomic E-state index is 12.5. The van der Waals surface area contributed by atoms with Gasteiger partial charge in [0.15, 0.2) is 5.69 Å². The van der Waals surface area contributed by atoms with Gasteiger partial charge in [0.05, 0.1) is 6.61 Å². The van der Waals surface area contributed by atoms with Crippen molar-refractivity contribution < 1.29 is 14.3 Å². The molecule has 1 heterocycles. The van der Waals surface area contributed by atoms with Crippen LogP contribution in [-0.4, -0.2) is 22.8 Å². The third-order valence-corrected chi connectivity index (χ3v) is 8.67. The zero-order chi connectivity index (χ0) is 23.3. The number of nitrogens with one attached hydrogen (secondary N) is 1. The van der Waals surface area contributed by atoms with Gasteiger partial charge in [-0.05, 0) is 85.6 Å². The normalized spacial score (nSPS) is 26.7. The fourth-order valence-electron chi connectivity index (χ4n) is 7.02. The lowest BCUT2D eigenvalue weighted by Gasteiger charge is -2.49. The van der Waals surface area contributed by atoms with Gasteiger partial charge in [-0.25, -0.2) is 4.79 Å². The summed E-state index contributed by atoms with van der Waals surface area (Å²) < 4.78 is 11.4. The summed E-state index contributed by atoms with van der Waals surface area (Å²) in [6, 6.07) is 17.1. The van der Waals surface area contributed by atoms with Crippen molar-refractivity contribution in [2.45, 2.75) is 63.9 Å². The number of carbonyl (C=O) groups is 1. The molecule has 0 bridgehead atoms. The van der Waals surface area contributed by atoms with Crippen LogP contribution >= 0.6 is 0 Å². The summed E-state index contributed by atoms with van der Waals surface area (Å²) in [7, 11) is 0. The third kappa shape index (κ3) is 3.36. The maximum atomic E-state index is 12.5. The van der Waals surface area contributed by atoms with E-state index in [1.807, 2.05) is 25.1 Å². The molecule has 0 amide bonds. The Morgan fingerprint density at radius 2 is 2.03 bits per heavy atom. The molecule has 4 atom stereocenters. The van der Waals surface area contributed by atoms with E-state index in [9.17, 15) is 4.79 Å². The molecular weight excluding hydrogens is 424 g/mol. The smallest absolute Gasteiger partial charge is 0.359 e. The lowest BCUT2D eigenvalue weighted by atomic mass is 9.55. The second kappa shape index (κ2) is 8.30. The Morgan fingerprint density at radius 1 is 1.18 bits per heavy atom. The van der Waals surface area contributed by atoms with Gasteiger partial charge in [-0.3, -0.25) is 5.10 Å². The number of hydrogen-bond donors (Lipinski definition) is 1. The molecule has 0 spiro atoms. The van der Waals surface area contributed by atoms with Crippen LogP contribution in [-0.2, 0) is 29.6 Å². The molecule has 5 nitrogen and oxygen atoms in total. The summed E-state index contributed by atoms with van der Waals surface area (Å²) >= 11 is 0. The fourth-order valence-corrected chi connectivity index (χ4v) is 7.02. The van der Waals surface area contributed by atoms with Gasteiger partial charge >= 0.3 is 5.97 Å². The number of aryl methyl sites for hydroxylation is 1. The summed E-state index contributed by atoms with van der Waals surface area (Å²) in [4.78, 5) is 12.5. The molecule has 34 heavy (non-hydrogen) atoms. The maximum Gasteiger partial charge on any atom is 0.359 e. The largest absolute Gasteiger partial charge is 0.489 e. The highest BCUT2D eigenvalue weighted by Gasteiger charge is 2.55. The molecule has 1 fully saturated rings. The average molecular weight is 457 g/mol. The molecule has 1 aromatic heterocycles. The second-order valence-corrected chi connectivity index (χ2v) is 10.4. The highest BCUT2D eigenvalue weighted by Crippen LogP contribution is 2.60. The van der Waals surface area contributed by atoms with Gasteiger partial charge in [-0.15, -0.1) is 0 Å². The molecule has 3 aliphatic carbocycles. The number of esters is 1. The van der Waals surface area contributed by atoms with Crippen LogP contribution in [0.3, 0.4) is 0 Å². The molecule has 1 saturated carbocycles. The number of rotatable bonds is 5. The van der Waals surface area contributed by atoms with Crippen LogP contribution in [0.2, 0.25) is 0 Å². The van der Waals surface area contributed by atoms with E-state index in [1.165, 1.54) is 35.2 Å². The lowest BCUT2D eigenvalue weighted by molar-refractivity contribution is 0.0516. The summed E-state index contributed by atoms with van der Waals surface area (Å²) in [5.74, 6) is 2.40. The van der Waals surface area contributed by atoms with Gasteiger partial charge in [0.25, 0.3) is 0 Å². The lowest BCUT2D eigenvalue weighted by Crippen LogP contribution is -2.43. The Kier molecular flexibility index (Phi) is 5.23. The fraction of sp³-hybridized carbons (Fsp3) is 0.448. The van der Waals surface area contributed by atoms with Gasteiger partial charge < -0.3 is 9.47 Å². The molecule has 3 aliphatic rings. The van der Waals surface area contributed by atoms with E-state index in [0.717, 1.165) is 30.6 Å². The van der Waals surface area contributed by atoms with E-state index in [4.69, 9.17) is 9.47 Å². The van der Waals surface area contributed by atoms with Crippen molar-refractivity contribution in [2.75, 3.05) is 6.61 Å². The standard InChI is InChI=1S/C29H32N2O3/c1-3-33-28(32)26-24-16-25-23-11-9-19-15-20(34-17-18-7-5-4-6-8-18)10-12-21(19)22(23)13-14-29(25,2)27(24)31-30-26/h4-8,10,12,15,22-23,25H,3,9,11,13-14,16-17H2,1-2H3,(H,30,31)/t22?,23?,25?,29-/m0/s1. The zero-order valence-corrected chi connectivity index (χ0v) is 20.0. The molecular formula is C29H32N2O3. The Bertz CT molecular complexity index is 1220. The predicted octanol–water partition coefficient (Wildman–Crippen LogP) is 5.74. The topological polar surface area (TPSA) is 64.2 Å². The number of aromatic nitrogens is 2. The predicted molar refractivity (Wildman–Crippen MR) is 130 cm³/mol. The van der Waals surface area contributed by atoms with E-state index in [0.29, 0.717) is 36.7 Å². The van der Waals surface area contributed by atoms with Crippen LogP contribution in [0.15, 0.2) is 48.5 Å². The van der Waals surface area contributed by atoms with Crippen molar-refractivity contribution in [2.24, 2.45) is 11.8 Å². The molecule has 0 saturated heterocycles. The highest BCUT2D eigenvalue weighted by molar-refractivity contribution is 5.89. The number of hydrogen-bond acceptors (Lipinski definition) is 4. The first-order chi connectivity index (χ1) is 16.6. The molecule has 5 heteroatoms. The molecule has 0 aliphatic heterocycles. The highest BCUT2D eigenvalue weighted by atomic mass is 16.5. The van der Waals surface area contributed by atoms with Gasteiger partial charge in [-0.1, -0.05) is 43.3 Å². The zero-order valence-electron chi connectivity index (χ0n) is 20.0. The van der Waals surface area contributed by atoms with Crippen molar-refractivity contribution in [3.8, 4) is 5.75 Å². The van der Waals surface area contributed by atoms with Crippen LogP contribution < -0.4 is 4.74 Å². The van der Waals surface area contributed by atoms with E-state index in [1.54, 1.807) is 0 Å². The molecule has 176 valence electrons. The minimum Gasteiger partial charge on any atom is -0.489 e. The van der Waals surface area contributed by atoms with Crippen molar-refractivity contribution in [3.05, 3.63) is 82.2 Å². The first kappa shape index (κ1) is 21.5. The Labute approximate surface area is 200 Å². The molecule has 3 aromatic rings. The SMILES string of the molecule is CCOC(=O)c1n[nH]c2c1CC1C3CCc4cc(OCc5ccccc5)ccc4C3CC[C@]21C. The van der Waals surface area contributed by atoms with E-state index in [-0.39, 0.29) is 11.4 Å². The number of H-pyrrole nitrogens is 1. The Morgan fingerprint density at radius 3 is 2.85 bits per heavy atom. The number of ether oxygens (including phenoxy) is 2. The average Bonchev–Trinajstić information content (AvgIpc) is 3.41. The van der Waals surface area contributed by atoms with Crippen LogP contribution in [0, 0.1) is 11.8 Å². The van der Waals surface area contributed by atoms with Crippen LogP contribution in [0.4, 0.5) is 0 Å². The van der Waals surface area contributed by atoms with Gasteiger partial charge in [0, 0.05) is 16.7 Å². The second-order valence-electron chi connectivity index (χ2n) is 10.4. The van der Waals surface area contributed by atoms with Crippen LogP contribution in [0.1, 0.15) is 77.5 Å². The first-order valence-electron chi connectivity index (χ1n) is 12.6. The van der Waals surface area contributed by atoms with E-state index < -0.39 is 0 Å². The summed E-state index contributed by atoms with van der Waals surface area (Å²) in [5, 5.41) is 7.62. The molecule has 2 aromatic carbocycles. The van der Waals surface area contributed by atoms with Crippen LogP contribution in [0.25, 0.3) is 0 Å². The van der Waals surface area contributed by atoms with Crippen molar-refractivity contribution in [1.29, 1.82) is 0 Å². The number of benzene rings is 2. The Hall–Kier alpha value is -3.08. The quantitative estimate of drug-likeness (QED) is 0.498. The van der Waals surface area contributed by atoms with Crippen molar-refractivity contribution >= 4 is 5.97 Å². The minimum absolute atomic E-state index is 0.0600. The molecule has 0 radical (unpaired) electrons. The number of fused-ring (bicyclic) bond motifs is 7. The minimum atomic E-state index is -0.296. The summed E-state index contributed by atoms with van der Waals surface area (Å²) in [6.45, 7) is 5.19. The monoisotopic (exact) mass is 456 g/mol. The summed E-state index contributed by atoms with van der Waals surface area (Å²) in [5.41, 5.74) is 6.97. The molecule has 6 rings (SSSR count). The van der Waals surface area contributed by atoms with Gasteiger partial charge in [0.1, 0.15) is 12.4 Å². The molecule has 3 unspecified atom stereocenters. The van der Waals surface area contributed by atoms with Crippen LogP contribution in [0.5, 0.6) is 5.75 Å². The van der Waals surface area contributed by atoms with Gasteiger partial charge in [0.2, 0.25) is 0 Å². The van der Waals surface area contributed by atoms with Crippen molar-refractivity contribution in [1.82, 2.24) is 10.2 Å². The van der Waals surface area contributed by atoms with Crippen molar-refractivity contribution in [3.63, 3.8) is 0 Å². The Balaban J connectivity index is 1.23. The number of aromatic amines is 1. The van der Waals surface area contributed by atoms with Gasteiger partial charge in [-0.2, -0.15) is 5.10 Å². The number of carbonyl (C=O) groups excluding carboxylic acids is 1. The van der Waals surface area contributed by atoms with E-state index >= 15 is 0 Å². The summed E-state index contributed by atoms with van der Waals surface area (Å²) in [6.07, 6.45) is 5.48. The number of nitrogens with zero attached hydrogens (tertiary/aromatic N) is 1.